The van der Waals surface area contributed by atoms with Crippen molar-refractivity contribution in [2.75, 3.05) is 18.0 Å². The highest BCUT2D eigenvalue weighted by Crippen LogP contribution is 2.11. The molecule has 0 atom stereocenters. The van der Waals surface area contributed by atoms with Crippen LogP contribution in [0.3, 0.4) is 0 Å². The summed E-state index contributed by atoms with van der Waals surface area (Å²) < 4.78 is 0. The average Bonchev–Trinajstić information content (AvgIpc) is 2.17. The van der Waals surface area contributed by atoms with E-state index < -0.39 is 0 Å². The van der Waals surface area contributed by atoms with Crippen molar-refractivity contribution in [2.45, 2.75) is 0 Å². The molecular formula is C12H14BN. The first kappa shape index (κ1) is 10.6. The first-order chi connectivity index (χ1) is 6.77. The summed E-state index contributed by atoms with van der Waals surface area (Å²) in [7, 11) is 5.71. The molecule has 0 heterocycles. The minimum Gasteiger partial charge on any atom is -0.364 e. The first-order valence-electron chi connectivity index (χ1n) is 4.60. The zero-order valence-corrected chi connectivity index (χ0v) is 8.32. The van der Waals surface area contributed by atoms with Gasteiger partial charge in [-0.25, -0.2) is 0 Å². The second kappa shape index (κ2) is 5.33. The molecule has 0 saturated carbocycles. The van der Waals surface area contributed by atoms with E-state index in [2.05, 4.69) is 18.1 Å². The maximum absolute atomic E-state index is 5.71. The van der Waals surface area contributed by atoms with Gasteiger partial charge in [0.2, 0.25) is 0 Å². The summed E-state index contributed by atoms with van der Waals surface area (Å²) in [6, 6.07) is 7.81. The fourth-order valence-electron chi connectivity index (χ4n) is 1.32. The number of hydrogen-bond donors (Lipinski definition) is 0. The van der Waals surface area contributed by atoms with E-state index in [9.17, 15) is 0 Å². The molecule has 0 fully saturated rings. The lowest BCUT2D eigenvalue weighted by Crippen LogP contribution is -2.24. The van der Waals surface area contributed by atoms with E-state index in [0.717, 1.165) is 24.2 Å². The van der Waals surface area contributed by atoms with E-state index in [4.69, 9.17) is 7.85 Å². The largest absolute Gasteiger partial charge is 0.364 e. The molecule has 1 aromatic carbocycles. The highest BCUT2D eigenvalue weighted by Gasteiger charge is 2.01. The lowest BCUT2D eigenvalue weighted by Gasteiger charge is -2.21. The molecule has 0 aliphatic carbocycles. The summed E-state index contributed by atoms with van der Waals surface area (Å²) in [4.78, 5) is 2.15. The standard InChI is InChI=1S/C12H14BN/c1-3-8-14(9-4-2)12-7-5-6-11(13)10-12/h3-7,10H,1-2,8-9H2. The topological polar surface area (TPSA) is 3.24 Å². The predicted octanol–water partition coefficient (Wildman–Crippen LogP) is 1.66. The highest BCUT2D eigenvalue weighted by atomic mass is 15.1. The summed E-state index contributed by atoms with van der Waals surface area (Å²) in [5.74, 6) is 0. The zero-order chi connectivity index (χ0) is 10.4. The van der Waals surface area contributed by atoms with Gasteiger partial charge in [-0.15, -0.1) is 13.2 Å². The van der Waals surface area contributed by atoms with Gasteiger partial charge in [-0.1, -0.05) is 29.7 Å². The van der Waals surface area contributed by atoms with Crippen LogP contribution in [0.5, 0.6) is 0 Å². The molecule has 2 heteroatoms. The maximum atomic E-state index is 5.71. The number of benzene rings is 1. The molecule has 1 rings (SSSR count). The normalized spacial score (nSPS) is 9.43. The maximum Gasteiger partial charge on any atom is 0.113 e. The summed E-state index contributed by atoms with van der Waals surface area (Å²) in [5.41, 5.74) is 1.88. The summed E-state index contributed by atoms with van der Waals surface area (Å²) in [6.45, 7) is 9.05. The Kier molecular flexibility index (Phi) is 4.05. The molecule has 0 N–H and O–H groups in total. The van der Waals surface area contributed by atoms with E-state index >= 15 is 0 Å². The van der Waals surface area contributed by atoms with Crippen molar-refractivity contribution in [1.29, 1.82) is 0 Å². The average molecular weight is 183 g/mol. The second-order valence-electron chi connectivity index (χ2n) is 3.08. The molecule has 0 saturated heterocycles. The molecule has 1 nitrogen and oxygen atoms in total. The van der Waals surface area contributed by atoms with E-state index in [1.165, 1.54) is 0 Å². The van der Waals surface area contributed by atoms with Crippen LogP contribution < -0.4 is 10.4 Å². The zero-order valence-electron chi connectivity index (χ0n) is 8.32. The number of hydrogen-bond acceptors (Lipinski definition) is 1. The Hall–Kier alpha value is -1.44. The van der Waals surface area contributed by atoms with Crippen molar-refractivity contribution in [3.05, 3.63) is 49.6 Å². The van der Waals surface area contributed by atoms with E-state index in [1.807, 2.05) is 36.4 Å². The van der Waals surface area contributed by atoms with Crippen molar-refractivity contribution < 1.29 is 0 Å². The molecule has 1 aromatic rings. The van der Waals surface area contributed by atoms with Crippen molar-refractivity contribution in [1.82, 2.24) is 0 Å². The Labute approximate surface area is 87.2 Å². The first-order valence-corrected chi connectivity index (χ1v) is 4.60. The second-order valence-corrected chi connectivity index (χ2v) is 3.08. The van der Waals surface area contributed by atoms with Gasteiger partial charge in [-0.2, -0.15) is 0 Å². The van der Waals surface area contributed by atoms with Crippen LogP contribution in [0, 0.1) is 0 Å². The van der Waals surface area contributed by atoms with Crippen LogP contribution in [-0.2, 0) is 0 Å². The van der Waals surface area contributed by atoms with Crippen LogP contribution in [0.1, 0.15) is 0 Å². The number of rotatable bonds is 5. The summed E-state index contributed by atoms with van der Waals surface area (Å²) >= 11 is 0. The third kappa shape index (κ3) is 2.80. The van der Waals surface area contributed by atoms with Gasteiger partial charge in [0.05, 0.1) is 0 Å². The minimum absolute atomic E-state index is 0.778. The monoisotopic (exact) mass is 183 g/mol. The van der Waals surface area contributed by atoms with Gasteiger partial charge >= 0.3 is 0 Å². The minimum atomic E-state index is 0.778. The Morgan fingerprint density at radius 3 is 2.36 bits per heavy atom. The van der Waals surface area contributed by atoms with Crippen LogP contribution in [0.25, 0.3) is 0 Å². The van der Waals surface area contributed by atoms with Gasteiger partial charge in [0.15, 0.2) is 0 Å². The molecule has 0 aliphatic heterocycles. The molecular weight excluding hydrogens is 169 g/mol. The number of nitrogens with zero attached hydrogens (tertiary/aromatic N) is 1. The van der Waals surface area contributed by atoms with Crippen molar-refractivity contribution in [2.24, 2.45) is 0 Å². The van der Waals surface area contributed by atoms with Crippen LogP contribution in [0.4, 0.5) is 5.69 Å². The van der Waals surface area contributed by atoms with Gasteiger partial charge < -0.3 is 4.90 Å². The van der Waals surface area contributed by atoms with E-state index in [-0.39, 0.29) is 0 Å². The third-order valence-corrected chi connectivity index (χ3v) is 1.93. The lowest BCUT2D eigenvalue weighted by atomic mass is 9.96. The quantitative estimate of drug-likeness (QED) is 0.495. The van der Waals surface area contributed by atoms with E-state index in [0.29, 0.717) is 0 Å². The van der Waals surface area contributed by atoms with E-state index in [1.54, 1.807) is 0 Å². The van der Waals surface area contributed by atoms with Gasteiger partial charge in [0, 0.05) is 18.8 Å². The number of anilines is 1. The van der Waals surface area contributed by atoms with Gasteiger partial charge in [0.25, 0.3) is 0 Å². The molecule has 0 unspecified atom stereocenters. The van der Waals surface area contributed by atoms with Gasteiger partial charge in [-0.05, 0) is 12.1 Å². The van der Waals surface area contributed by atoms with Crippen LogP contribution >= 0.6 is 0 Å². The molecule has 0 spiro atoms. The molecule has 0 bridgehead atoms. The predicted molar refractivity (Wildman–Crippen MR) is 64.4 cm³/mol. The summed E-state index contributed by atoms with van der Waals surface area (Å²) in [5, 5.41) is 0. The Morgan fingerprint density at radius 1 is 1.21 bits per heavy atom. The fourth-order valence-corrected chi connectivity index (χ4v) is 1.32. The smallest absolute Gasteiger partial charge is 0.113 e. The molecule has 0 aromatic heterocycles. The van der Waals surface area contributed by atoms with Crippen LogP contribution in [0.2, 0.25) is 0 Å². The van der Waals surface area contributed by atoms with Crippen LogP contribution in [0.15, 0.2) is 49.6 Å². The van der Waals surface area contributed by atoms with Gasteiger partial charge in [-0.3, -0.25) is 0 Å². The third-order valence-electron chi connectivity index (χ3n) is 1.93. The Bertz CT molecular complexity index is 310. The lowest BCUT2D eigenvalue weighted by molar-refractivity contribution is 0.958. The highest BCUT2D eigenvalue weighted by molar-refractivity contribution is 6.32. The van der Waals surface area contributed by atoms with Gasteiger partial charge in [0.1, 0.15) is 7.85 Å². The molecule has 0 amide bonds. The van der Waals surface area contributed by atoms with Crippen LogP contribution in [-0.4, -0.2) is 20.9 Å². The molecule has 0 aliphatic rings. The van der Waals surface area contributed by atoms with Crippen molar-refractivity contribution in [3.8, 4) is 0 Å². The fraction of sp³-hybridized carbons (Fsp3) is 0.167. The Morgan fingerprint density at radius 2 is 1.86 bits per heavy atom. The van der Waals surface area contributed by atoms with Crippen molar-refractivity contribution in [3.63, 3.8) is 0 Å². The molecule has 2 radical (unpaired) electrons. The SMILES string of the molecule is [B]c1cccc(N(CC=C)CC=C)c1. The molecule has 14 heavy (non-hydrogen) atoms. The molecule has 70 valence electrons. The Balaban J connectivity index is 2.85. The summed E-state index contributed by atoms with van der Waals surface area (Å²) in [6.07, 6.45) is 3.74. The van der Waals surface area contributed by atoms with Crippen molar-refractivity contribution >= 4 is 19.0 Å².